The van der Waals surface area contributed by atoms with Crippen LogP contribution in [0.15, 0.2) is 119 Å². The van der Waals surface area contributed by atoms with E-state index in [1.807, 2.05) is 66.7 Å². The molecule has 1 aliphatic heterocycles. The second-order valence-electron chi connectivity index (χ2n) is 14.0. The van der Waals surface area contributed by atoms with Gasteiger partial charge < -0.3 is 9.84 Å². The predicted octanol–water partition coefficient (Wildman–Crippen LogP) is 7.39. The number of nitrogens with zero attached hydrogens (tertiary/aromatic N) is 1. The molecule has 2 amide bonds. The predicted molar refractivity (Wildman–Crippen MR) is 198 cm³/mol. The Kier molecular flexibility index (Phi) is 8.21. The van der Waals surface area contributed by atoms with Crippen LogP contribution in [-0.4, -0.2) is 41.4 Å². The summed E-state index contributed by atoms with van der Waals surface area (Å²) in [6.07, 6.45) is 3.90. The molecule has 52 heavy (non-hydrogen) atoms. The van der Waals surface area contributed by atoms with Crippen molar-refractivity contribution in [2.45, 2.75) is 31.1 Å². The van der Waals surface area contributed by atoms with Gasteiger partial charge in [0.1, 0.15) is 0 Å². The van der Waals surface area contributed by atoms with Gasteiger partial charge >= 0.3 is 0 Å². The molecule has 4 aromatic rings. The van der Waals surface area contributed by atoms with Crippen LogP contribution in [0.2, 0.25) is 0 Å². The molecule has 1 heterocycles. The van der Waals surface area contributed by atoms with Crippen LogP contribution in [0.25, 0.3) is 5.57 Å². The molecule has 4 aromatic carbocycles. The summed E-state index contributed by atoms with van der Waals surface area (Å²) in [5.41, 5.74) is 2.46. The van der Waals surface area contributed by atoms with Crippen molar-refractivity contribution in [1.82, 2.24) is 0 Å². The third-order valence-corrected chi connectivity index (χ3v) is 12.1. The highest BCUT2D eigenvalue weighted by Gasteiger charge is 2.66. The molecule has 1 N–H and O–H groups in total. The first kappa shape index (κ1) is 33.7. The molecule has 0 spiro atoms. The molecule has 8 nitrogen and oxygen atoms in total. The van der Waals surface area contributed by atoms with E-state index in [9.17, 15) is 19.5 Å². The molecule has 1 saturated heterocycles. The van der Waals surface area contributed by atoms with Crippen LogP contribution in [-0.2, 0) is 24.6 Å². The fourth-order valence-corrected chi connectivity index (χ4v) is 9.72. The zero-order valence-electron chi connectivity index (χ0n) is 28.4. The topological polar surface area (TPSA) is 118 Å². The van der Waals surface area contributed by atoms with Crippen molar-refractivity contribution in [3.8, 4) is 11.5 Å². The number of ether oxygens (including phenoxy) is 1. The normalized spacial score (nSPS) is 26.6. The summed E-state index contributed by atoms with van der Waals surface area (Å²) in [5, 5.41) is 10.9. The number of aromatic hydroxyl groups is 1. The van der Waals surface area contributed by atoms with Crippen LogP contribution in [0.5, 0.6) is 11.5 Å². The lowest BCUT2D eigenvalue weighted by Crippen LogP contribution is -2.58. The second kappa shape index (κ2) is 12.7. The van der Waals surface area contributed by atoms with Gasteiger partial charge in [0.05, 0.1) is 34.5 Å². The van der Waals surface area contributed by atoms with Gasteiger partial charge in [-0.05, 0) is 101 Å². The maximum atomic E-state index is 15.2. The van der Waals surface area contributed by atoms with E-state index in [4.69, 9.17) is 4.74 Å². The van der Waals surface area contributed by atoms with Crippen LogP contribution >= 0.6 is 15.9 Å². The lowest BCUT2D eigenvalue weighted by molar-refractivity contribution is -0.135. The summed E-state index contributed by atoms with van der Waals surface area (Å²) >= 11 is 3.49. The Morgan fingerprint density at radius 3 is 2.21 bits per heavy atom. The van der Waals surface area contributed by atoms with E-state index in [0.29, 0.717) is 38.0 Å². The number of anilines is 1. The molecule has 9 heteroatoms. The fraction of sp³-hybridized carbons (Fsp3) is 0.233. The highest BCUT2D eigenvalue weighted by molar-refractivity contribution is 9.10. The standard InChI is InChI=1S/C43H34BrNO7/c1-23(46)24-13-15-28(16-14-24)45-41(50)30-18-17-29-32(37(30)42(45)51)21-33-39(48)31(25-9-5-3-6-10-25)22-36(47)43(33,27-11-7-4-8-12-27)38(29)26-19-34(44)40(49)35(20-26)52-2/h3-17,19-20,22,30,32-33,37-38,49H,18,21H2,1-2H3/t30-,32+,33-,37-,38-,43-/m0/s1. The summed E-state index contributed by atoms with van der Waals surface area (Å²) in [5.74, 6) is -4.88. The number of phenolic OH excluding ortho intramolecular Hbond substituents is 1. The summed E-state index contributed by atoms with van der Waals surface area (Å²) < 4.78 is 5.94. The first-order valence-electron chi connectivity index (χ1n) is 17.2. The average Bonchev–Trinajstić information content (AvgIpc) is 3.42. The van der Waals surface area contributed by atoms with Crippen LogP contribution in [0, 0.1) is 23.7 Å². The molecule has 2 fully saturated rings. The van der Waals surface area contributed by atoms with Gasteiger partial charge in [0.15, 0.2) is 28.8 Å². The van der Waals surface area contributed by atoms with E-state index in [0.717, 1.165) is 5.57 Å². The van der Waals surface area contributed by atoms with E-state index < -0.39 is 35.0 Å². The molecule has 8 rings (SSSR count). The number of fused-ring (bicyclic) bond motifs is 4. The van der Waals surface area contributed by atoms with Gasteiger partial charge in [0, 0.05) is 23.0 Å². The number of hydrogen-bond acceptors (Lipinski definition) is 7. The third-order valence-electron chi connectivity index (χ3n) is 11.5. The van der Waals surface area contributed by atoms with E-state index in [1.165, 1.54) is 25.0 Å². The minimum atomic E-state index is -1.42. The molecule has 0 bridgehead atoms. The molecular weight excluding hydrogens is 722 g/mol. The lowest BCUT2D eigenvalue weighted by Gasteiger charge is -2.55. The fourth-order valence-electron chi connectivity index (χ4n) is 9.27. The Hall–Kier alpha value is -5.41. The zero-order chi connectivity index (χ0) is 36.5. The van der Waals surface area contributed by atoms with Crippen molar-refractivity contribution in [2.24, 2.45) is 23.7 Å². The highest BCUT2D eigenvalue weighted by atomic mass is 79.9. The van der Waals surface area contributed by atoms with Gasteiger partial charge in [0.25, 0.3) is 0 Å². The van der Waals surface area contributed by atoms with Gasteiger partial charge in [-0.1, -0.05) is 72.3 Å². The van der Waals surface area contributed by atoms with E-state index in [2.05, 4.69) is 15.9 Å². The number of carbonyl (C=O) groups is 5. The molecule has 4 aliphatic rings. The number of amides is 2. The number of methoxy groups -OCH3 is 1. The third kappa shape index (κ3) is 4.89. The smallest absolute Gasteiger partial charge is 0.238 e. The second-order valence-corrected chi connectivity index (χ2v) is 14.8. The number of ketones is 3. The Balaban J connectivity index is 1.35. The molecule has 6 atom stereocenters. The lowest BCUT2D eigenvalue weighted by atomic mass is 9.44. The van der Waals surface area contributed by atoms with Crippen molar-refractivity contribution >= 4 is 56.4 Å². The number of benzene rings is 4. The summed E-state index contributed by atoms with van der Waals surface area (Å²) in [4.78, 5) is 72.2. The van der Waals surface area contributed by atoms with Crippen LogP contribution in [0.3, 0.4) is 0 Å². The number of Topliss-reactive ketones (excluding diaryl/α,β-unsaturated/α-hetero) is 2. The highest BCUT2D eigenvalue weighted by Crippen LogP contribution is 2.64. The SMILES string of the molecule is COc1cc([C@H]2C3=CC[C@@H]4C(=O)N(c5ccc(C(C)=O)cc5)C(=O)[C@@H]4[C@@H]3C[C@H]3C(=O)C(c4ccccc4)=CC(=O)[C@@]23c2ccccc2)cc(Br)c1O. The van der Waals surface area contributed by atoms with Crippen molar-refractivity contribution < 1.29 is 33.8 Å². The van der Waals surface area contributed by atoms with Gasteiger partial charge in [-0.25, -0.2) is 0 Å². The van der Waals surface area contributed by atoms with Crippen molar-refractivity contribution in [2.75, 3.05) is 12.0 Å². The van der Waals surface area contributed by atoms with Crippen LogP contribution in [0.4, 0.5) is 5.69 Å². The Labute approximate surface area is 308 Å². The Bertz CT molecular complexity index is 2240. The van der Waals surface area contributed by atoms with Crippen LogP contribution in [0.1, 0.15) is 52.7 Å². The minimum Gasteiger partial charge on any atom is -0.503 e. The van der Waals surface area contributed by atoms with E-state index in [1.54, 1.807) is 36.4 Å². The molecule has 260 valence electrons. The quantitative estimate of drug-likeness (QED) is 0.124. The molecular formula is C43H34BrNO7. The molecule has 0 aromatic heterocycles. The molecule has 0 radical (unpaired) electrons. The van der Waals surface area contributed by atoms with E-state index in [-0.39, 0.29) is 53.5 Å². The number of halogens is 1. The molecule has 1 saturated carbocycles. The number of carbonyl (C=O) groups excluding carboxylic acids is 5. The van der Waals surface area contributed by atoms with Gasteiger partial charge in [-0.15, -0.1) is 0 Å². The van der Waals surface area contributed by atoms with Crippen molar-refractivity contribution in [1.29, 1.82) is 0 Å². The maximum Gasteiger partial charge on any atom is 0.238 e. The Morgan fingerprint density at radius 1 is 0.885 bits per heavy atom. The number of phenols is 1. The average molecular weight is 757 g/mol. The summed E-state index contributed by atoms with van der Waals surface area (Å²) in [6.45, 7) is 1.45. The van der Waals surface area contributed by atoms with Crippen molar-refractivity contribution in [3.05, 3.63) is 142 Å². The van der Waals surface area contributed by atoms with Crippen molar-refractivity contribution in [3.63, 3.8) is 0 Å². The van der Waals surface area contributed by atoms with Gasteiger partial charge in [-0.3, -0.25) is 28.9 Å². The molecule has 3 aliphatic carbocycles. The summed E-state index contributed by atoms with van der Waals surface area (Å²) in [7, 11) is 1.44. The largest absolute Gasteiger partial charge is 0.503 e. The monoisotopic (exact) mass is 755 g/mol. The zero-order valence-corrected chi connectivity index (χ0v) is 30.0. The first-order valence-corrected chi connectivity index (χ1v) is 18.0. The first-order chi connectivity index (χ1) is 25.1. The summed E-state index contributed by atoms with van der Waals surface area (Å²) in [6, 6.07) is 28.3. The van der Waals surface area contributed by atoms with Gasteiger partial charge in [-0.2, -0.15) is 0 Å². The Morgan fingerprint density at radius 2 is 1.56 bits per heavy atom. The number of rotatable bonds is 6. The number of hydrogen-bond donors (Lipinski definition) is 1. The molecule has 0 unspecified atom stereocenters. The minimum absolute atomic E-state index is 0.109. The number of allylic oxidation sites excluding steroid dienone is 4. The van der Waals surface area contributed by atoms with Gasteiger partial charge in [0.2, 0.25) is 11.8 Å². The van der Waals surface area contributed by atoms with Crippen LogP contribution < -0.4 is 9.64 Å². The van der Waals surface area contributed by atoms with E-state index >= 15 is 9.59 Å². The maximum absolute atomic E-state index is 15.2. The number of imide groups is 1.